The summed E-state index contributed by atoms with van der Waals surface area (Å²) in [7, 11) is 3.43. The quantitative estimate of drug-likeness (QED) is 0.503. The number of aromatic nitrogens is 2. The van der Waals surface area contributed by atoms with E-state index in [1.54, 1.807) is 18.2 Å². The highest BCUT2D eigenvalue weighted by Crippen LogP contribution is 2.35. The van der Waals surface area contributed by atoms with Crippen molar-refractivity contribution in [1.82, 2.24) is 25.3 Å². The lowest BCUT2D eigenvalue weighted by molar-refractivity contribution is -0.125. The fourth-order valence-electron chi connectivity index (χ4n) is 5.34. The molecule has 6 rings (SSSR count). The van der Waals surface area contributed by atoms with Gasteiger partial charge in [-0.05, 0) is 49.8 Å². The van der Waals surface area contributed by atoms with Crippen molar-refractivity contribution in [3.8, 4) is 5.75 Å². The molecule has 1 fully saturated rings. The van der Waals surface area contributed by atoms with Gasteiger partial charge in [0.05, 0.1) is 31.6 Å². The smallest absolute Gasteiger partial charge is 0.322 e. The van der Waals surface area contributed by atoms with Crippen molar-refractivity contribution < 1.29 is 23.5 Å². The predicted octanol–water partition coefficient (Wildman–Crippen LogP) is 2.35. The molecular formula is C27H26N6O5. The van der Waals surface area contributed by atoms with Crippen LogP contribution in [0.1, 0.15) is 50.0 Å². The molecule has 5 heterocycles. The van der Waals surface area contributed by atoms with E-state index in [4.69, 9.17) is 14.1 Å². The van der Waals surface area contributed by atoms with Crippen molar-refractivity contribution in [2.45, 2.75) is 32.5 Å². The van der Waals surface area contributed by atoms with Crippen LogP contribution in [0.25, 0.3) is 6.08 Å². The number of allylic oxidation sites excluding steroid dienone is 1. The Balaban J connectivity index is 1.33. The molecule has 2 N–H and O–H groups in total. The lowest BCUT2D eigenvalue weighted by Crippen LogP contribution is -2.52. The summed E-state index contributed by atoms with van der Waals surface area (Å²) in [6.07, 6.45) is 3.67. The van der Waals surface area contributed by atoms with E-state index in [-0.39, 0.29) is 18.2 Å². The molecule has 0 saturated carbocycles. The fourth-order valence-corrected chi connectivity index (χ4v) is 5.34. The van der Waals surface area contributed by atoms with Crippen LogP contribution in [0, 0.1) is 13.8 Å². The highest BCUT2D eigenvalue weighted by Gasteiger charge is 2.53. The van der Waals surface area contributed by atoms with Gasteiger partial charge in [0.25, 0.3) is 11.8 Å². The number of carbonyl (C=O) groups is 3. The normalized spacial score (nSPS) is 20.2. The Morgan fingerprint density at radius 3 is 2.63 bits per heavy atom. The van der Waals surface area contributed by atoms with Crippen molar-refractivity contribution >= 4 is 29.6 Å². The summed E-state index contributed by atoms with van der Waals surface area (Å²) in [6, 6.07) is 6.38. The minimum absolute atomic E-state index is 0.0981. The largest absolute Gasteiger partial charge is 0.497 e. The first-order valence-electron chi connectivity index (χ1n) is 12.2. The zero-order chi connectivity index (χ0) is 26.8. The number of aryl methyl sites for hydroxylation is 2. The molecule has 0 spiro atoms. The monoisotopic (exact) mass is 514 g/mol. The molecule has 194 valence electrons. The van der Waals surface area contributed by atoms with Crippen molar-refractivity contribution in [3.63, 3.8) is 0 Å². The van der Waals surface area contributed by atoms with E-state index in [1.807, 2.05) is 43.8 Å². The number of carbonyl (C=O) groups excluding carboxylic acids is 3. The average molecular weight is 515 g/mol. The molecule has 0 aliphatic carbocycles. The van der Waals surface area contributed by atoms with Crippen LogP contribution in [0.2, 0.25) is 0 Å². The second-order valence-electron chi connectivity index (χ2n) is 9.70. The van der Waals surface area contributed by atoms with E-state index in [2.05, 4.69) is 15.7 Å². The number of methoxy groups -OCH3 is 1. The number of rotatable bonds is 5. The highest BCUT2D eigenvalue weighted by atomic mass is 16.5. The first-order valence-corrected chi connectivity index (χ1v) is 12.2. The third-order valence-corrected chi connectivity index (χ3v) is 7.41. The van der Waals surface area contributed by atoms with Gasteiger partial charge in [0.1, 0.15) is 17.3 Å². The maximum atomic E-state index is 13.2. The molecule has 1 saturated heterocycles. The number of ether oxygens (including phenoxy) is 1. The third kappa shape index (κ3) is 3.53. The molecular weight excluding hydrogens is 488 g/mol. The van der Waals surface area contributed by atoms with E-state index in [0.29, 0.717) is 30.2 Å². The lowest BCUT2D eigenvalue weighted by Gasteiger charge is -2.29. The standard InChI is InChI=1S/C27H26N6O5/c1-14-23(15(2)32(3)31-14)20-7-8-21-17(11-28-20)9-22(38-21)27(25(35)29-26(36)30-27)13-33-12-16-5-6-18(37-4)10-19(16)24(33)34/h5-10H,11-13H2,1-4H3,(H2,29,30,35,36)/t27-/m0/s1. The number of fused-ring (bicyclic) bond motifs is 2. The first kappa shape index (κ1) is 23.7. The van der Waals surface area contributed by atoms with Gasteiger partial charge in [0.2, 0.25) is 0 Å². The van der Waals surface area contributed by atoms with Crippen LogP contribution in [0.4, 0.5) is 4.79 Å². The Kier molecular flexibility index (Phi) is 5.26. The summed E-state index contributed by atoms with van der Waals surface area (Å²) >= 11 is 0. The van der Waals surface area contributed by atoms with Gasteiger partial charge >= 0.3 is 6.03 Å². The van der Waals surface area contributed by atoms with Gasteiger partial charge in [-0.3, -0.25) is 24.6 Å². The van der Waals surface area contributed by atoms with E-state index < -0.39 is 17.5 Å². The number of nitrogens with zero attached hydrogens (tertiary/aromatic N) is 4. The predicted molar refractivity (Wildman–Crippen MR) is 137 cm³/mol. The van der Waals surface area contributed by atoms with E-state index in [9.17, 15) is 14.4 Å². The average Bonchev–Trinajstić information content (AvgIpc) is 3.55. The number of aliphatic imine (C=N–C) groups is 1. The first-order chi connectivity index (χ1) is 18.2. The van der Waals surface area contributed by atoms with Gasteiger partial charge in [-0.2, -0.15) is 5.10 Å². The minimum Gasteiger partial charge on any atom is -0.497 e. The molecule has 0 unspecified atom stereocenters. The van der Waals surface area contributed by atoms with Crippen molar-refractivity contribution in [1.29, 1.82) is 0 Å². The minimum atomic E-state index is -1.58. The second kappa shape index (κ2) is 8.44. The molecule has 4 amide bonds. The topological polar surface area (TPSA) is 131 Å². The van der Waals surface area contributed by atoms with Crippen LogP contribution in [0.3, 0.4) is 0 Å². The summed E-state index contributed by atoms with van der Waals surface area (Å²) in [6.45, 7) is 4.44. The van der Waals surface area contributed by atoms with Gasteiger partial charge in [-0.15, -0.1) is 0 Å². The molecule has 2 aromatic heterocycles. The van der Waals surface area contributed by atoms with E-state index in [1.165, 1.54) is 12.0 Å². The molecule has 1 aromatic carbocycles. The van der Waals surface area contributed by atoms with Gasteiger partial charge in [0, 0.05) is 36.0 Å². The van der Waals surface area contributed by atoms with Crippen LogP contribution in [0.15, 0.2) is 39.8 Å². The number of benzene rings is 1. The van der Waals surface area contributed by atoms with Crippen molar-refractivity contribution in [3.05, 3.63) is 75.5 Å². The van der Waals surface area contributed by atoms with Crippen LogP contribution in [-0.4, -0.2) is 51.9 Å². The van der Waals surface area contributed by atoms with Crippen LogP contribution < -0.4 is 15.4 Å². The number of nitrogens with one attached hydrogen (secondary N) is 2. The highest BCUT2D eigenvalue weighted by molar-refractivity contribution is 6.12. The Morgan fingerprint density at radius 2 is 1.95 bits per heavy atom. The zero-order valence-corrected chi connectivity index (χ0v) is 21.4. The van der Waals surface area contributed by atoms with Gasteiger partial charge in [0.15, 0.2) is 5.54 Å². The van der Waals surface area contributed by atoms with Crippen LogP contribution in [-0.2, 0) is 30.5 Å². The molecule has 11 nitrogen and oxygen atoms in total. The zero-order valence-electron chi connectivity index (χ0n) is 21.4. The maximum absolute atomic E-state index is 13.2. The number of furan rings is 1. The van der Waals surface area contributed by atoms with Gasteiger partial charge in [-0.25, -0.2) is 4.79 Å². The van der Waals surface area contributed by atoms with Gasteiger partial charge in [-0.1, -0.05) is 6.07 Å². The molecule has 38 heavy (non-hydrogen) atoms. The molecule has 11 heteroatoms. The van der Waals surface area contributed by atoms with Crippen molar-refractivity contribution in [2.75, 3.05) is 13.7 Å². The van der Waals surface area contributed by atoms with E-state index >= 15 is 0 Å². The molecule has 0 radical (unpaired) electrons. The number of urea groups is 1. The summed E-state index contributed by atoms with van der Waals surface area (Å²) in [5, 5.41) is 9.51. The van der Waals surface area contributed by atoms with Crippen LogP contribution >= 0.6 is 0 Å². The van der Waals surface area contributed by atoms with Gasteiger partial charge < -0.3 is 19.4 Å². The number of amides is 4. The van der Waals surface area contributed by atoms with Crippen molar-refractivity contribution in [2.24, 2.45) is 12.0 Å². The second-order valence-corrected chi connectivity index (χ2v) is 9.70. The number of hydrogen-bond acceptors (Lipinski definition) is 7. The van der Waals surface area contributed by atoms with E-state index in [0.717, 1.165) is 33.8 Å². The molecule has 1 atom stereocenters. The Hall–Kier alpha value is -4.67. The Bertz CT molecular complexity index is 1600. The fraction of sp³-hybridized carbons (Fsp3) is 0.296. The maximum Gasteiger partial charge on any atom is 0.322 e. The number of hydrogen-bond donors (Lipinski definition) is 2. The van der Waals surface area contributed by atoms with Crippen LogP contribution in [0.5, 0.6) is 5.75 Å². The Morgan fingerprint density at radius 1 is 1.13 bits per heavy atom. The number of imide groups is 1. The summed E-state index contributed by atoms with van der Waals surface area (Å²) in [5.74, 6) is 0.509. The lowest BCUT2D eigenvalue weighted by atomic mass is 9.95. The third-order valence-electron chi connectivity index (χ3n) is 7.41. The molecule has 3 aliphatic heterocycles. The molecule has 3 aliphatic rings. The summed E-state index contributed by atoms with van der Waals surface area (Å²) < 4.78 is 13.3. The molecule has 0 bridgehead atoms. The SMILES string of the molecule is COc1ccc2c(c1)C(=O)N(C[C@@]1(c3cc4c(o3)C=CC(c3c(C)nn(C)c3C)=NC4)NC(=O)NC1=O)C2. The Labute approximate surface area is 218 Å². The summed E-state index contributed by atoms with van der Waals surface area (Å²) in [5.41, 5.74) is 4.15. The summed E-state index contributed by atoms with van der Waals surface area (Å²) in [4.78, 5) is 45.1. The molecule has 3 aromatic rings.